The van der Waals surface area contributed by atoms with E-state index >= 15 is 0 Å². The average molecular weight is 550 g/mol. The van der Waals surface area contributed by atoms with Crippen molar-refractivity contribution in [3.8, 4) is 23.1 Å². The molecule has 0 aliphatic carbocycles. The van der Waals surface area contributed by atoms with Crippen LogP contribution in [0, 0.1) is 6.92 Å². The number of aryl methyl sites for hydroxylation is 1. The van der Waals surface area contributed by atoms with Gasteiger partial charge in [-0.15, -0.1) is 0 Å². The van der Waals surface area contributed by atoms with Gasteiger partial charge < -0.3 is 13.9 Å². The molecule has 0 spiro atoms. The van der Waals surface area contributed by atoms with Gasteiger partial charge in [0.2, 0.25) is 5.82 Å². The fraction of sp³-hybridized carbons (Fsp3) is 0.0938. The minimum Gasteiger partial charge on any atom is -0.493 e. The number of para-hydroxylation sites is 2. The molecular weight excluding hydrogens is 526 g/mol. The van der Waals surface area contributed by atoms with Crippen LogP contribution in [0.25, 0.3) is 33.5 Å². The molecule has 0 unspecified atom stereocenters. The van der Waals surface area contributed by atoms with Gasteiger partial charge in [-0.05, 0) is 61.0 Å². The van der Waals surface area contributed by atoms with Crippen LogP contribution < -0.4 is 15.0 Å². The Hall–Kier alpha value is -4.88. The van der Waals surface area contributed by atoms with E-state index in [4.69, 9.17) is 30.5 Å². The van der Waals surface area contributed by atoms with E-state index in [1.165, 1.54) is 4.68 Å². The lowest BCUT2D eigenvalue weighted by Crippen LogP contribution is -2.20. The Kier molecular flexibility index (Phi) is 6.80. The quantitative estimate of drug-likeness (QED) is 0.196. The molecule has 0 aliphatic heterocycles. The fourth-order valence-electron chi connectivity index (χ4n) is 4.54. The normalized spacial score (nSPS) is 11.5. The summed E-state index contributed by atoms with van der Waals surface area (Å²) in [6.07, 6.45) is 1.56. The molecule has 6 aromatic rings. The molecule has 2 heterocycles. The van der Waals surface area contributed by atoms with E-state index in [9.17, 15) is 4.79 Å². The Morgan fingerprint density at radius 2 is 1.85 bits per heavy atom. The molecule has 198 valence electrons. The summed E-state index contributed by atoms with van der Waals surface area (Å²) in [5.41, 5.74) is 3.63. The number of rotatable bonds is 7. The first kappa shape index (κ1) is 25.4. The molecule has 6 rings (SSSR count). The van der Waals surface area contributed by atoms with Crippen LogP contribution in [0.3, 0.4) is 0 Å². The van der Waals surface area contributed by atoms with Crippen molar-refractivity contribution in [2.45, 2.75) is 13.5 Å². The van der Waals surface area contributed by atoms with Crippen LogP contribution in [0.1, 0.15) is 16.7 Å². The molecular formula is C32H24ClN3O4. The van der Waals surface area contributed by atoms with Crippen LogP contribution in [-0.2, 0) is 6.61 Å². The standard InChI is InChI=1S/C32H24ClN3O4/c1-20-7-5-8-21(15-20)19-39-30-22(9-6-12-28(30)38-2)18-34-36-31(35-26-11-4-3-10-25(26)32(36)37)29-17-23-16-24(33)13-14-27(23)40-29/h3-18H,19H2,1-2H3. The Morgan fingerprint density at radius 1 is 1.00 bits per heavy atom. The molecule has 0 fully saturated rings. The van der Waals surface area contributed by atoms with Crippen molar-refractivity contribution in [2.75, 3.05) is 7.11 Å². The van der Waals surface area contributed by atoms with Crippen LogP contribution in [0.4, 0.5) is 0 Å². The smallest absolute Gasteiger partial charge is 0.282 e. The van der Waals surface area contributed by atoms with Crippen molar-refractivity contribution in [3.63, 3.8) is 0 Å². The van der Waals surface area contributed by atoms with Crippen LogP contribution in [0.15, 0.2) is 105 Å². The second kappa shape index (κ2) is 10.7. The summed E-state index contributed by atoms with van der Waals surface area (Å²) >= 11 is 6.18. The minimum absolute atomic E-state index is 0.261. The lowest BCUT2D eigenvalue weighted by atomic mass is 10.1. The molecule has 2 aromatic heterocycles. The molecule has 0 amide bonds. The van der Waals surface area contributed by atoms with Crippen molar-refractivity contribution < 1.29 is 13.9 Å². The number of furan rings is 1. The highest BCUT2D eigenvalue weighted by molar-refractivity contribution is 6.31. The van der Waals surface area contributed by atoms with Gasteiger partial charge >= 0.3 is 0 Å². The lowest BCUT2D eigenvalue weighted by molar-refractivity contribution is 0.284. The SMILES string of the molecule is COc1cccc(C=Nn2c(-c3cc4cc(Cl)ccc4o3)nc3ccccc3c2=O)c1OCc1cccc(C)c1. The second-order valence-electron chi connectivity index (χ2n) is 9.26. The summed E-state index contributed by atoms with van der Waals surface area (Å²) in [5.74, 6) is 1.71. The van der Waals surface area contributed by atoms with Crippen LogP contribution in [0.2, 0.25) is 5.02 Å². The predicted octanol–water partition coefficient (Wildman–Crippen LogP) is 7.24. The van der Waals surface area contributed by atoms with Crippen molar-refractivity contribution >= 4 is 39.7 Å². The van der Waals surface area contributed by atoms with Crippen LogP contribution in [0.5, 0.6) is 11.5 Å². The Labute approximate surface area is 234 Å². The van der Waals surface area contributed by atoms with Gasteiger partial charge in [0.05, 0.1) is 24.2 Å². The monoisotopic (exact) mass is 549 g/mol. The number of nitrogens with zero attached hydrogens (tertiary/aromatic N) is 3. The third-order valence-electron chi connectivity index (χ3n) is 6.46. The number of fused-ring (bicyclic) bond motifs is 2. The summed E-state index contributed by atoms with van der Waals surface area (Å²) < 4.78 is 19.1. The first-order chi connectivity index (χ1) is 19.5. The molecule has 0 aliphatic rings. The molecule has 0 saturated heterocycles. The maximum atomic E-state index is 13.7. The maximum Gasteiger partial charge on any atom is 0.282 e. The van der Waals surface area contributed by atoms with Gasteiger partial charge in [-0.2, -0.15) is 9.78 Å². The van der Waals surface area contributed by atoms with Gasteiger partial charge in [-0.25, -0.2) is 4.98 Å². The number of hydrogen-bond donors (Lipinski definition) is 0. The van der Waals surface area contributed by atoms with E-state index in [1.807, 2.05) is 49.4 Å². The summed E-state index contributed by atoms with van der Waals surface area (Å²) in [7, 11) is 1.58. The highest BCUT2D eigenvalue weighted by Gasteiger charge is 2.17. The molecule has 8 heteroatoms. The van der Waals surface area contributed by atoms with Crippen molar-refractivity contribution in [3.05, 3.63) is 123 Å². The molecule has 7 nitrogen and oxygen atoms in total. The number of hydrogen-bond acceptors (Lipinski definition) is 6. The van der Waals surface area contributed by atoms with E-state index < -0.39 is 0 Å². The summed E-state index contributed by atoms with van der Waals surface area (Å²) in [5, 5.41) is 6.40. The minimum atomic E-state index is -0.333. The van der Waals surface area contributed by atoms with Crippen molar-refractivity contribution in [1.29, 1.82) is 0 Å². The zero-order valence-corrected chi connectivity index (χ0v) is 22.6. The van der Waals surface area contributed by atoms with E-state index in [1.54, 1.807) is 55.8 Å². The first-order valence-corrected chi connectivity index (χ1v) is 13.0. The Balaban J connectivity index is 1.46. The number of halogens is 1. The van der Waals surface area contributed by atoms with Gasteiger partial charge in [0.25, 0.3) is 5.56 Å². The molecule has 40 heavy (non-hydrogen) atoms. The second-order valence-corrected chi connectivity index (χ2v) is 9.70. The summed E-state index contributed by atoms with van der Waals surface area (Å²) in [6.45, 7) is 2.38. The highest BCUT2D eigenvalue weighted by Crippen LogP contribution is 2.32. The molecule has 0 atom stereocenters. The van der Waals surface area contributed by atoms with Gasteiger partial charge in [0.1, 0.15) is 12.2 Å². The number of benzene rings is 4. The molecule has 0 N–H and O–H groups in total. The third kappa shape index (κ3) is 4.95. The zero-order valence-electron chi connectivity index (χ0n) is 21.8. The molecule has 4 aromatic carbocycles. The van der Waals surface area contributed by atoms with E-state index in [0.29, 0.717) is 50.9 Å². The van der Waals surface area contributed by atoms with Gasteiger partial charge in [0.15, 0.2) is 17.3 Å². The summed E-state index contributed by atoms with van der Waals surface area (Å²) in [6, 6.07) is 27.9. The van der Waals surface area contributed by atoms with Crippen LogP contribution >= 0.6 is 11.6 Å². The Morgan fingerprint density at radius 3 is 2.70 bits per heavy atom. The van der Waals surface area contributed by atoms with Crippen molar-refractivity contribution in [2.24, 2.45) is 5.10 Å². The number of aromatic nitrogens is 2. The number of ether oxygens (including phenoxy) is 2. The van der Waals surface area contributed by atoms with Gasteiger partial charge in [-0.3, -0.25) is 4.79 Å². The molecule has 0 saturated carbocycles. The zero-order chi connectivity index (χ0) is 27.6. The van der Waals surface area contributed by atoms with Gasteiger partial charge in [0, 0.05) is 16.0 Å². The largest absolute Gasteiger partial charge is 0.493 e. The Bertz CT molecular complexity index is 1960. The average Bonchev–Trinajstić information content (AvgIpc) is 3.38. The summed E-state index contributed by atoms with van der Waals surface area (Å²) in [4.78, 5) is 18.4. The van der Waals surface area contributed by atoms with E-state index in [0.717, 1.165) is 16.5 Å². The van der Waals surface area contributed by atoms with Crippen LogP contribution in [-0.4, -0.2) is 23.0 Å². The number of methoxy groups -OCH3 is 1. The molecule has 0 bridgehead atoms. The highest BCUT2D eigenvalue weighted by atomic mass is 35.5. The van der Waals surface area contributed by atoms with Gasteiger partial charge in [-0.1, -0.05) is 59.6 Å². The van der Waals surface area contributed by atoms with E-state index in [-0.39, 0.29) is 11.4 Å². The third-order valence-corrected chi connectivity index (χ3v) is 6.69. The predicted molar refractivity (Wildman–Crippen MR) is 158 cm³/mol. The fourth-order valence-corrected chi connectivity index (χ4v) is 4.72. The first-order valence-electron chi connectivity index (χ1n) is 12.6. The topological polar surface area (TPSA) is 78.9 Å². The molecule has 0 radical (unpaired) electrons. The van der Waals surface area contributed by atoms with Crippen molar-refractivity contribution in [1.82, 2.24) is 9.66 Å². The maximum absolute atomic E-state index is 13.7. The lowest BCUT2D eigenvalue weighted by Gasteiger charge is -2.14. The van der Waals surface area contributed by atoms with E-state index in [2.05, 4.69) is 11.2 Å².